The van der Waals surface area contributed by atoms with E-state index in [1.165, 1.54) is 33.0 Å². The summed E-state index contributed by atoms with van der Waals surface area (Å²) in [7, 11) is 3.02. The Morgan fingerprint density at radius 1 is 1.07 bits per heavy atom. The number of hydrogen-bond donors (Lipinski definition) is 2. The highest BCUT2D eigenvalue weighted by molar-refractivity contribution is 6.05. The standard InChI is InChI=1S/C22H26N2O5/c1-27-19-11-10-15(13-20(19)28-2)21(25)24-18(14-17-9-6-12-29-17)22(26)23-16-7-4-3-5-8-16/h6,9-14,16H,3-5,7-8H2,1-2H3,(H,23,26)(H,24,25)/b18-14-. The van der Waals surface area contributed by atoms with Gasteiger partial charge < -0.3 is 24.5 Å². The molecule has 7 nitrogen and oxygen atoms in total. The molecular formula is C22H26N2O5. The van der Waals surface area contributed by atoms with Gasteiger partial charge in [0.05, 0.1) is 20.5 Å². The van der Waals surface area contributed by atoms with Gasteiger partial charge in [-0.3, -0.25) is 9.59 Å². The Labute approximate surface area is 170 Å². The minimum absolute atomic E-state index is 0.120. The SMILES string of the molecule is COc1ccc(C(=O)N/C(=C\c2ccco2)C(=O)NC2CCCCC2)cc1OC. The number of carbonyl (C=O) groups is 2. The van der Waals surface area contributed by atoms with Crippen molar-refractivity contribution in [2.45, 2.75) is 38.1 Å². The molecular weight excluding hydrogens is 372 g/mol. The maximum Gasteiger partial charge on any atom is 0.268 e. The molecule has 1 aliphatic rings. The van der Waals surface area contributed by atoms with Crippen LogP contribution in [0.25, 0.3) is 6.08 Å². The predicted octanol–water partition coefficient (Wildman–Crippen LogP) is 3.52. The number of methoxy groups -OCH3 is 2. The molecule has 0 aliphatic heterocycles. The number of furan rings is 1. The van der Waals surface area contributed by atoms with E-state index in [4.69, 9.17) is 13.9 Å². The zero-order valence-corrected chi connectivity index (χ0v) is 16.7. The molecule has 1 aromatic heterocycles. The van der Waals surface area contributed by atoms with Gasteiger partial charge in [0, 0.05) is 17.7 Å². The Balaban J connectivity index is 1.79. The third kappa shape index (κ3) is 5.40. The molecule has 2 N–H and O–H groups in total. The highest BCUT2D eigenvalue weighted by Crippen LogP contribution is 2.27. The molecule has 2 amide bonds. The Bertz CT molecular complexity index is 867. The van der Waals surface area contributed by atoms with Crippen LogP contribution in [-0.2, 0) is 4.79 Å². The van der Waals surface area contributed by atoms with Gasteiger partial charge in [0.15, 0.2) is 11.5 Å². The lowest BCUT2D eigenvalue weighted by molar-refractivity contribution is -0.118. The summed E-state index contributed by atoms with van der Waals surface area (Å²) in [5.41, 5.74) is 0.476. The second kappa shape index (κ2) is 9.82. The number of amides is 2. The minimum atomic E-state index is -0.428. The van der Waals surface area contributed by atoms with E-state index in [-0.39, 0.29) is 17.6 Å². The van der Waals surface area contributed by atoms with Crippen molar-refractivity contribution in [2.75, 3.05) is 14.2 Å². The van der Waals surface area contributed by atoms with Gasteiger partial charge in [-0.25, -0.2) is 0 Å². The number of benzene rings is 1. The van der Waals surface area contributed by atoms with Crippen molar-refractivity contribution in [3.8, 4) is 11.5 Å². The van der Waals surface area contributed by atoms with E-state index in [1.807, 2.05) is 0 Å². The Morgan fingerprint density at radius 3 is 2.48 bits per heavy atom. The largest absolute Gasteiger partial charge is 0.493 e. The Morgan fingerprint density at radius 2 is 1.83 bits per heavy atom. The van der Waals surface area contributed by atoms with Crippen LogP contribution in [0, 0.1) is 0 Å². The minimum Gasteiger partial charge on any atom is -0.493 e. The first-order chi connectivity index (χ1) is 14.1. The average molecular weight is 398 g/mol. The summed E-state index contributed by atoms with van der Waals surface area (Å²) in [6.45, 7) is 0. The van der Waals surface area contributed by atoms with Gasteiger partial charge in [-0.05, 0) is 43.2 Å². The number of ether oxygens (including phenoxy) is 2. The zero-order valence-electron chi connectivity index (χ0n) is 16.7. The van der Waals surface area contributed by atoms with Crippen molar-refractivity contribution < 1.29 is 23.5 Å². The summed E-state index contributed by atoms with van der Waals surface area (Å²) < 4.78 is 15.8. The van der Waals surface area contributed by atoms with Gasteiger partial charge in [-0.2, -0.15) is 0 Å². The topological polar surface area (TPSA) is 89.8 Å². The maximum atomic E-state index is 12.8. The first kappa shape index (κ1) is 20.5. The molecule has 29 heavy (non-hydrogen) atoms. The molecule has 0 spiro atoms. The molecule has 1 aliphatic carbocycles. The van der Waals surface area contributed by atoms with E-state index in [0.717, 1.165) is 25.7 Å². The molecule has 0 bridgehead atoms. The van der Waals surface area contributed by atoms with E-state index in [1.54, 1.807) is 30.3 Å². The number of rotatable bonds is 7. The lowest BCUT2D eigenvalue weighted by Gasteiger charge is -2.23. The molecule has 0 atom stereocenters. The van der Waals surface area contributed by atoms with Crippen LogP contribution in [0.15, 0.2) is 46.7 Å². The maximum absolute atomic E-state index is 12.8. The monoisotopic (exact) mass is 398 g/mol. The van der Waals surface area contributed by atoms with E-state index in [0.29, 0.717) is 22.8 Å². The summed E-state index contributed by atoms with van der Waals surface area (Å²) in [5, 5.41) is 5.72. The molecule has 3 rings (SSSR count). The van der Waals surface area contributed by atoms with Gasteiger partial charge >= 0.3 is 0 Å². The quantitative estimate of drug-likeness (QED) is 0.697. The fourth-order valence-corrected chi connectivity index (χ4v) is 3.36. The van der Waals surface area contributed by atoms with Gasteiger partial charge in [0.2, 0.25) is 0 Å². The molecule has 154 valence electrons. The molecule has 0 radical (unpaired) electrons. The zero-order chi connectivity index (χ0) is 20.6. The number of carbonyl (C=O) groups excluding carboxylic acids is 2. The van der Waals surface area contributed by atoms with Crippen LogP contribution in [0.2, 0.25) is 0 Å². The highest BCUT2D eigenvalue weighted by Gasteiger charge is 2.21. The van der Waals surface area contributed by atoms with Crippen LogP contribution in [0.5, 0.6) is 11.5 Å². The van der Waals surface area contributed by atoms with Crippen LogP contribution in [0.3, 0.4) is 0 Å². The Kier molecular flexibility index (Phi) is 6.94. The number of nitrogens with one attached hydrogen (secondary N) is 2. The molecule has 1 fully saturated rings. The summed E-state index contributed by atoms with van der Waals surface area (Å²) in [5.74, 6) is 0.671. The summed E-state index contributed by atoms with van der Waals surface area (Å²) in [6.07, 6.45) is 8.32. The molecule has 1 heterocycles. The van der Waals surface area contributed by atoms with Crippen LogP contribution in [0.4, 0.5) is 0 Å². The normalized spacial score (nSPS) is 14.9. The molecule has 2 aromatic rings. The second-order valence-corrected chi connectivity index (χ2v) is 6.91. The van der Waals surface area contributed by atoms with Crippen LogP contribution >= 0.6 is 0 Å². The van der Waals surface area contributed by atoms with Crippen molar-refractivity contribution in [2.24, 2.45) is 0 Å². The third-order valence-corrected chi connectivity index (χ3v) is 4.91. The fourth-order valence-electron chi connectivity index (χ4n) is 3.36. The van der Waals surface area contributed by atoms with Crippen molar-refractivity contribution in [1.29, 1.82) is 0 Å². The van der Waals surface area contributed by atoms with Crippen molar-refractivity contribution in [1.82, 2.24) is 10.6 Å². The molecule has 7 heteroatoms. The third-order valence-electron chi connectivity index (χ3n) is 4.91. The van der Waals surface area contributed by atoms with Gasteiger partial charge in [0.25, 0.3) is 11.8 Å². The lowest BCUT2D eigenvalue weighted by Crippen LogP contribution is -2.41. The first-order valence-corrected chi connectivity index (χ1v) is 9.70. The van der Waals surface area contributed by atoms with Crippen LogP contribution in [0.1, 0.15) is 48.2 Å². The summed E-state index contributed by atoms with van der Waals surface area (Å²) in [4.78, 5) is 25.6. The van der Waals surface area contributed by atoms with Crippen LogP contribution < -0.4 is 20.1 Å². The van der Waals surface area contributed by atoms with Gasteiger partial charge in [-0.1, -0.05) is 19.3 Å². The van der Waals surface area contributed by atoms with Gasteiger partial charge in [-0.15, -0.1) is 0 Å². The van der Waals surface area contributed by atoms with E-state index < -0.39 is 5.91 Å². The molecule has 1 aromatic carbocycles. The molecule has 0 saturated heterocycles. The van der Waals surface area contributed by atoms with Crippen molar-refractivity contribution in [3.63, 3.8) is 0 Å². The average Bonchev–Trinajstić information content (AvgIpc) is 3.26. The van der Waals surface area contributed by atoms with Crippen molar-refractivity contribution in [3.05, 3.63) is 53.6 Å². The smallest absolute Gasteiger partial charge is 0.268 e. The van der Waals surface area contributed by atoms with Crippen molar-refractivity contribution >= 4 is 17.9 Å². The summed E-state index contributed by atoms with van der Waals surface area (Å²) in [6, 6.07) is 8.38. The predicted molar refractivity (Wildman–Crippen MR) is 109 cm³/mol. The summed E-state index contributed by atoms with van der Waals surface area (Å²) >= 11 is 0. The van der Waals surface area contributed by atoms with E-state index >= 15 is 0 Å². The highest BCUT2D eigenvalue weighted by atomic mass is 16.5. The van der Waals surface area contributed by atoms with E-state index in [9.17, 15) is 9.59 Å². The fraction of sp³-hybridized carbons (Fsp3) is 0.364. The van der Waals surface area contributed by atoms with Crippen LogP contribution in [-0.4, -0.2) is 32.1 Å². The number of hydrogen-bond acceptors (Lipinski definition) is 5. The lowest BCUT2D eigenvalue weighted by atomic mass is 9.95. The molecule has 0 unspecified atom stereocenters. The van der Waals surface area contributed by atoms with E-state index in [2.05, 4.69) is 10.6 Å². The first-order valence-electron chi connectivity index (χ1n) is 9.70. The second-order valence-electron chi connectivity index (χ2n) is 6.91. The molecule has 1 saturated carbocycles. The Hall–Kier alpha value is -3.22. The van der Waals surface area contributed by atoms with Gasteiger partial charge in [0.1, 0.15) is 11.5 Å².